The van der Waals surface area contributed by atoms with Crippen LogP contribution in [0.15, 0.2) is 36.4 Å². The molecule has 0 aliphatic rings. The van der Waals surface area contributed by atoms with Gasteiger partial charge in [0.05, 0.1) is 13.2 Å². The van der Waals surface area contributed by atoms with Gasteiger partial charge in [0.2, 0.25) is 0 Å². The van der Waals surface area contributed by atoms with E-state index < -0.39 is 0 Å². The van der Waals surface area contributed by atoms with Crippen molar-refractivity contribution < 1.29 is 4.74 Å². The van der Waals surface area contributed by atoms with Gasteiger partial charge in [-0.1, -0.05) is 29.8 Å². The fraction of sp³-hybridized carbons (Fsp3) is 0.250. The van der Waals surface area contributed by atoms with Crippen LogP contribution in [0.5, 0.6) is 5.75 Å². The van der Waals surface area contributed by atoms with Gasteiger partial charge in [-0.2, -0.15) is 0 Å². The van der Waals surface area contributed by atoms with Gasteiger partial charge in [-0.15, -0.1) is 0 Å². The Balaban J connectivity index is 2.47. The molecule has 2 rings (SSSR count). The third-order valence-electron chi connectivity index (χ3n) is 3.42. The van der Waals surface area contributed by atoms with Crippen LogP contribution in [0.1, 0.15) is 28.3 Å². The average molecular weight is 291 g/mol. The second-order valence-electron chi connectivity index (χ2n) is 4.85. The number of hydrazine groups is 1. The number of hydrogen-bond donors (Lipinski definition) is 2. The molecular formula is C16H19ClN2O. The van der Waals surface area contributed by atoms with Crippen molar-refractivity contribution in [2.45, 2.75) is 19.9 Å². The molecule has 1 unspecified atom stereocenters. The minimum absolute atomic E-state index is 0.144. The van der Waals surface area contributed by atoms with E-state index in [-0.39, 0.29) is 6.04 Å². The maximum absolute atomic E-state index is 6.34. The van der Waals surface area contributed by atoms with Crippen LogP contribution in [-0.4, -0.2) is 7.11 Å². The number of ether oxygens (including phenoxy) is 1. The van der Waals surface area contributed by atoms with Crippen molar-refractivity contribution >= 4 is 11.6 Å². The molecule has 0 bridgehead atoms. The van der Waals surface area contributed by atoms with E-state index in [2.05, 4.69) is 5.43 Å². The summed E-state index contributed by atoms with van der Waals surface area (Å²) in [4.78, 5) is 0. The Labute approximate surface area is 124 Å². The van der Waals surface area contributed by atoms with Crippen molar-refractivity contribution in [1.82, 2.24) is 5.43 Å². The monoisotopic (exact) mass is 290 g/mol. The lowest BCUT2D eigenvalue weighted by Crippen LogP contribution is -2.29. The molecule has 3 nitrogen and oxygen atoms in total. The minimum Gasteiger partial charge on any atom is -0.497 e. The summed E-state index contributed by atoms with van der Waals surface area (Å²) >= 11 is 6.34. The highest BCUT2D eigenvalue weighted by Gasteiger charge is 2.17. The van der Waals surface area contributed by atoms with E-state index in [9.17, 15) is 0 Å². The summed E-state index contributed by atoms with van der Waals surface area (Å²) in [5.41, 5.74) is 7.12. The summed E-state index contributed by atoms with van der Waals surface area (Å²) in [7, 11) is 1.66. The lowest BCUT2D eigenvalue weighted by Gasteiger charge is -2.21. The Morgan fingerprint density at radius 1 is 1.10 bits per heavy atom. The lowest BCUT2D eigenvalue weighted by atomic mass is 9.94. The number of nitrogens with two attached hydrogens (primary N) is 1. The van der Waals surface area contributed by atoms with Crippen molar-refractivity contribution in [2.24, 2.45) is 5.84 Å². The van der Waals surface area contributed by atoms with Crippen molar-refractivity contribution in [3.63, 3.8) is 0 Å². The first-order valence-electron chi connectivity index (χ1n) is 6.43. The molecule has 0 amide bonds. The SMILES string of the molecule is COc1ccc(C(NN)c2ccc(C)cc2Cl)c(C)c1. The number of halogens is 1. The van der Waals surface area contributed by atoms with Gasteiger partial charge in [-0.05, 0) is 54.3 Å². The van der Waals surface area contributed by atoms with Gasteiger partial charge in [0.25, 0.3) is 0 Å². The molecule has 0 heterocycles. The summed E-state index contributed by atoms with van der Waals surface area (Å²) in [6, 6.07) is 11.8. The van der Waals surface area contributed by atoms with Crippen LogP contribution in [0.4, 0.5) is 0 Å². The van der Waals surface area contributed by atoms with Crippen LogP contribution in [-0.2, 0) is 0 Å². The molecule has 0 saturated carbocycles. The quantitative estimate of drug-likeness (QED) is 0.669. The molecule has 4 heteroatoms. The average Bonchev–Trinajstić information content (AvgIpc) is 2.43. The predicted molar refractivity (Wildman–Crippen MR) is 83.1 cm³/mol. The molecule has 2 aromatic carbocycles. The van der Waals surface area contributed by atoms with Crippen molar-refractivity contribution in [3.8, 4) is 5.75 Å². The number of benzene rings is 2. The Morgan fingerprint density at radius 3 is 2.35 bits per heavy atom. The fourth-order valence-corrected chi connectivity index (χ4v) is 2.66. The first kappa shape index (κ1) is 14.9. The number of nitrogens with one attached hydrogen (secondary N) is 1. The summed E-state index contributed by atoms with van der Waals surface area (Å²) in [6.45, 7) is 4.05. The molecule has 0 radical (unpaired) electrons. The van der Waals surface area contributed by atoms with Crippen molar-refractivity contribution in [1.29, 1.82) is 0 Å². The van der Waals surface area contributed by atoms with E-state index in [1.807, 2.05) is 50.2 Å². The highest BCUT2D eigenvalue weighted by atomic mass is 35.5. The van der Waals surface area contributed by atoms with Gasteiger partial charge < -0.3 is 4.74 Å². The Kier molecular flexibility index (Phi) is 4.65. The minimum atomic E-state index is -0.144. The normalized spacial score (nSPS) is 12.2. The summed E-state index contributed by atoms with van der Waals surface area (Å²) in [5, 5.41) is 0.711. The maximum atomic E-state index is 6.34. The molecule has 0 saturated heterocycles. The Hall–Kier alpha value is -1.55. The summed E-state index contributed by atoms with van der Waals surface area (Å²) in [5.74, 6) is 6.57. The van der Waals surface area contributed by atoms with E-state index in [0.29, 0.717) is 5.02 Å². The zero-order valence-electron chi connectivity index (χ0n) is 11.9. The van der Waals surface area contributed by atoms with Gasteiger partial charge in [-0.3, -0.25) is 5.84 Å². The largest absolute Gasteiger partial charge is 0.497 e. The van der Waals surface area contributed by atoms with Crippen molar-refractivity contribution in [3.05, 3.63) is 63.7 Å². The standard InChI is InChI=1S/C16H19ClN2O/c1-10-4-6-14(15(17)8-10)16(19-18)13-7-5-12(20-3)9-11(13)2/h4-9,16,19H,18H2,1-3H3. The maximum Gasteiger partial charge on any atom is 0.119 e. The number of methoxy groups -OCH3 is 1. The molecule has 0 aliphatic carbocycles. The Bertz CT molecular complexity index is 613. The molecule has 0 aromatic heterocycles. The second-order valence-corrected chi connectivity index (χ2v) is 5.25. The van der Waals surface area contributed by atoms with Crippen LogP contribution >= 0.6 is 11.6 Å². The van der Waals surface area contributed by atoms with E-state index in [0.717, 1.165) is 28.0 Å². The molecule has 106 valence electrons. The van der Waals surface area contributed by atoms with Gasteiger partial charge >= 0.3 is 0 Å². The second kappa shape index (κ2) is 6.27. The van der Waals surface area contributed by atoms with Crippen LogP contribution < -0.4 is 16.0 Å². The predicted octanol–water partition coefficient (Wildman–Crippen LogP) is 3.52. The van der Waals surface area contributed by atoms with Gasteiger partial charge in [0.15, 0.2) is 0 Å². The number of aryl methyl sites for hydroxylation is 2. The first-order chi connectivity index (χ1) is 9.56. The highest BCUT2D eigenvalue weighted by molar-refractivity contribution is 6.31. The third kappa shape index (κ3) is 2.96. The van der Waals surface area contributed by atoms with E-state index in [1.165, 1.54) is 0 Å². The zero-order chi connectivity index (χ0) is 14.7. The number of hydrogen-bond acceptors (Lipinski definition) is 3. The van der Waals surface area contributed by atoms with Gasteiger partial charge in [0.1, 0.15) is 5.75 Å². The molecule has 2 aromatic rings. The lowest BCUT2D eigenvalue weighted by molar-refractivity contribution is 0.414. The first-order valence-corrected chi connectivity index (χ1v) is 6.81. The molecular weight excluding hydrogens is 272 g/mol. The van der Waals surface area contributed by atoms with E-state index in [4.69, 9.17) is 22.2 Å². The van der Waals surface area contributed by atoms with Crippen LogP contribution in [0.2, 0.25) is 5.02 Å². The summed E-state index contributed by atoms with van der Waals surface area (Å²) in [6.07, 6.45) is 0. The zero-order valence-corrected chi connectivity index (χ0v) is 12.7. The Morgan fingerprint density at radius 2 is 1.80 bits per heavy atom. The topological polar surface area (TPSA) is 47.3 Å². The third-order valence-corrected chi connectivity index (χ3v) is 3.75. The van der Waals surface area contributed by atoms with E-state index in [1.54, 1.807) is 7.11 Å². The smallest absolute Gasteiger partial charge is 0.119 e. The number of rotatable bonds is 4. The molecule has 3 N–H and O–H groups in total. The van der Waals surface area contributed by atoms with Crippen LogP contribution in [0, 0.1) is 13.8 Å². The highest BCUT2D eigenvalue weighted by Crippen LogP contribution is 2.31. The van der Waals surface area contributed by atoms with Crippen LogP contribution in [0.3, 0.4) is 0 Å². The molecule has 0 aliphatic heterocycles. The van der Waals surface area contributed by atoms with Crippen molar-refractivity contribution in [2.75, 3.05) is 7.11 Å². The van der Waals surface area contributed by atoms with Gasteiger partial charge in [0, 0.05) is 5.02 Å². The fourth-order valence-electron chi connectivity index (χ4n) is 2.31. The molecule has 20 heavy (non-hydrogen) atoms. The van der Waals surface area contributed by atoms with Gasteiger partial charge in [-0.25, -0.2) is 5.43 Å². The summed E-state index contributed by atoms with van der Waals surface area (Å²) < 4.78 is 5.23. The molecule has 0 fully saturated rings. The molecule has 0 spiro atoms. The van der Waals surface area contributed by atoms with Crippen LogP contribution in [0.25, 0.3) is 0 Å². The van der Waals surface area contributed by atoms with E-state index >= 15 is 0 Å². The molecule has 1 atom stereocenters.